The van der Waals surface area contributed by atoms with Gasteiger partial charge in [-0.1, -0.05) is 18.5 Å². The predicted octanol–water partition coefficient (Wildman–Crippen LogP) is 1.88. The summed E-state index contributed by atoms with van der Waals surface area (Å²) in [7, 11) is 0. The number of halogens is 1. The molecule has 0 fully saturated rings. The molecule has 0 aliphatic carbocycles. The van der Waals surface area contributed by atoms with Gasteiger partial charge in [-0.15, -0.1) is 0 Å². The Morgan fingerprint density at radius 1 is 1.55 bits per heavy atom. The van der Waals surface area contributed by atoms with E-state index < -0.39 is 0 Å². The van der Waals surface area contributed by atoms with Crippen molar-refractivity contribution in [2.45, 2.75) is 20.3 Å². The number of carbonyl (C=O) groups is 1. The second-order valence-electron chi connectivity index (χ2n) is 4.81. The van der Waals surface area contributed by atoms with Crippen LogP contribution < -0.4 is 10.2 Å². The Balaban J connectivity index is 2.32. The van der Waals surface area contributed by atoms with E-state index in [0.717, 1.165) is 16.8 Å². The maximum absolute atomic E-state index is 11.3. The number of nitrogens with one attached hydrogen (secondary N) is 1. The fourth-order valence-corrected chi connectivity index (χ4v) is 2.53. The van der Waals surface area contributed by atoms with Crippen LogP contribution >= 0.6 is 11.6 Å². The fraction of sp³-hybridized carbons (Fsp3) is 0.429. The highest BCUT2D eigenvalue weighted by molar-refractivity contribution is 6.32. The maximum atomic E-state index is 11.3. The Hall–Kier alpha value is -1.59. The van der Waals surface area contributed by atoms with Crippen LogP contribution in [0.2, 0.25) is 5.02 Å². The van der Waals surface area contributed by atoms with Crippen molar-refractivity contribution in [2.24, 2.45) is 11.0 Å². The highest BCUT2D eigenvalue weighted by Crippen LogP contribution is 2.31. The van der Waals surface area contributed by atoms with E-state index in [9.17, 15) is 4.79 Å². The number of nitrogens with zero attached hydrogens (tertiary/aromatic N) is 1. The Morgan fingerprint density at radius 2 is 2.30 bits per heavy atom. The molecule has 0 saturated carbocycles. The molecule has 5 nitrogen and oxygen atoms in total. The molecule has 2 N–H and O–H groups in total. The predicted molar refractivity (Wildman–Crippen MR) is 77.2 cm³/mol. The van der Waals surface area contributed by atoms with Gasteiger partial charge in [0, 0.05) is 17.9 Å². The van der Waals surface area contributed by atoms with E-state index >= 15 is 0 Å². The monoisotopic (exact) mass is 296 g/mol. The molecule has 0 aromatic heterocycles. The molecule has 0 bridgehead atoms. The van der Waals surface area contributed by atoms with E-state index in [-0.39, 0.29) is 25.0 Å². The Labute approximate surface area is 122 Å². The molecular weight excluding hydrogens is 280 g/mol. The zero-order valence-electron chi connectivity index (χ0n) is 11.4. The molecule has 1 heterocycles. The van der Waals surface area contributed by atoms with E-state index in [1.165, 1.54) is 0 Å². The Morgan fingerprint density at radius 3 is 2.90 bits per heavy atom. The Kier molecular flexibility index (Phi) is 4.62. The molecule has 2 rings (SSSR count). The summed E-state index contributed by atoms with van der Waals surface area (Å²) in [4.78, 5) is 11.3. The lowest BCUT2D eigenvalue weighted by molar-refractivity contribution is -0.121. The van der Waals surface area contributed by atoms with Gasteiger partial charge in [0.05, 0.1) is 17.3 Å². The first-order chi connectivity index (χ1) is 9.52. The second kappa shape index (κ2) is 6.24. The standard InChI is InChI=1S/C14H17ClN2O3/c1-8-6-12(19)16-17-13(8)10-5-9(2)14(11(15)7-10)20-4-3-18/h5,7-8,18H,3-4,6H2,1-2H3,(H,16,19)/t8-/m1/s1. The summed E-state index contributed by atoms with van der Waals surface area (Å²) in [5.41, 5.74) is 5.04. The van der Waals surface area contributed by atoms with Crippen molar-refractivity contribution in [3.05, 3.63) is 28.3 Å². The third kappa shape index (κ3) is 3.11. The third-order valence-electron chi connectivity index (χ3n) is 3.12. The minimum atomic E-state index is -0.0769. The summed E-state index contributed by atoms with van der Waals surface area (Å²) < 4.78 is 5.41. The van der Waals surface area contributed by atoms with Crippen LogP contribution in [-0.2, 0) is 4.79 Å². The van der Waals surface area contributed by atoms with Gasteiger partial charge in [-0.05, 0) is 24.6 Å². The van der Waals surface area contributed by atoms with Crippen LogP contribution in [0.4, 0.5) is 0 Å². The number of amides is 1. The minimum Gasteiger partial charge on any atom is -0.489 e. The van der Waals surface area contributed by atoms with Gasteiger partial charge in [0.2, 0.25) is 5.91 Å². The minimum absolute atomic E-state index is 0.0448. The number of carbonyl (C=O) groups excluding carboxylic acids is 1. The van der Waals surface area contributed by atoms with Gasteiger partial charge in [0.1, 0.15) is 12.4 Å². The smallest absolute Gasteiger partial charge is 0.240 e. The number of aliphatic hydroxyl groups is 1. The van der Waals surface area contributed by atoms with Crippen LogP contribution in [0, 0.1) is 12.8 Å². The normalized spacial score (nSPS) is 18.5. The largest absolute Gasteiger partial charge is 0.489 e. The molecule has 0 spiro atoms. The highest BCUT2D eigenvalue weighted by Gasteiger charge is 2.22. The summed E-state index contributed by atoms with van der Waals surface area (Å²) in [5, 5.41) is 13.4. The fourth-order valence-electron chi connectivity index (χ4n) is 2.21. The van der Waals surface area contributed by atoms with Crippen LogP contribution in [-0.4, -0.2) is 29.9 Å². The van der Waals surface area contributed by atoms with E-state index in [1.807, 2.05) is 19.9 Å². The van der Waals surface area contributed by atoms with Crippen LogP contribution in [0.5, 0.6) is 5.75 Å². The lowest BCUT2D eigenvalue weighted by Crippen LogP contribution is -2.32. The number of benzene rings is 1. The molecule has 1 amide bonds. The number of hydrogen-bond donors (Lipinski definition) is 2. The lowest BCUT2D eigenvalue weighted by Gasteiger charge is -2.20. The van der Waals surface area contributed by atoms with Crippen molar-refractivity contribution in [1.29, 1.82) is 0 Å². The van der Waals surface area contributed by atoms with Gasteiger partial charge >= 0.3 is 0 Å². The molecule has 0 unspecified atom stereocenters. The van der Waals surface area contributed by atoms with E-state index in [0.29, 0.717) is 17.2 Å². The molecule has 1 aromatic carbocycles. The quantitative estimate of drug-likeness (QED) is 0.891. The molecule has 6 heteroatoms. The number of hydrogen-bond acceptors (Lipinski definition) is 4. The van der Waals surface area contributed by atoms with Crippen molar-refractivity contribution in [3.8, 4) is 5.75 Å². The van der Waals surface area contributed by atoms with Gasteiger partial charge in [0.25, 0.3) is 0 Å². The van der Waals surface area contributed by atoms with E-state index in [2.05, 4.69) is 10.5 Å². The molecule has 0 saturated heterocycles. The maximum Gasteiger partial charge on any atom is 0.240 e. The van der Waals surface area contributed by atoms with Crippen molar-refractivity contribution >= 4 is 23.2 Å². The van der Waals surface area contributed by atoms with E-state index in [1.54, 1.807) is 6.07 Å². The number of aliphatic hydroxyl groups excluding tert-OH is 1. The van der Waals surface area contributed by atoms with Crippen molar-refractivity contribution < 1.29 is 14.6 Å². The van der Waals surface area contributed by atoms with Crippen LogP contribution in [0.1, 0.15) is 24.5 Å². The first kappa shape index (κ1) is 14.8. The molecule has 1 aliphatic rings. The average Bonchev–Trinajstić information content (AvgIpc) is 2.37. The van der Waals surface area contributed by atoms with Crippen molar-refractivity contribution in [1.82, 2.24) is 5.43 Å². The first-order valence-electron chi connectivity index (χ1n) is 6.43. The summed E-state index contributed by atoms with van der Waals surface area (Å²) in [6, 6.07) is 3.69. The van der Waals surface area contributed by atoms with Crippen LogP contribution in [0.25, 0.3) is 0 Å². The molecule has 1 atom stereocenters. The molecule has 20 heavy (non-hydrogen) atoms. The number of aryl methyl sites for hydroxylation is 1. The molecule has 1 aliphatic heterocycles. The molecular formula is C14H17ClN2O3. The average molecular weight is 297 g/mol. The number of ether oxygens (including phenoxy) is 1. The van der Waals surface area contributed by atoms with Gasteiger partial charge in [0.15, 0.2) is 0 Å². The topological polar surface area (TPSA) is 70.9 Å². The number of hydrazone groups is 1. The van der Waals surface area contributed by atoms with Crippen molar-refractivity contribution in [3.63, 3.8) is 0 Å². The van der Waals surface area contributed by atoms with E-state index in [4.69, 9.17) is 21.4 Å². The van der Waals surface area contributed by atoms with Crippen LogP contribution in [0.15, 0.2) is 17.2 Å². The van der Waals surface area contributed by atoms with Gasteiger partial charge in [-0.2, -0.15) is 5.10 Å². The molecule has 0 radical (unpaired) electrons. The SMILES string of the molecule is Cc1cc(C2=NNC(=O)C[C@H]2C)cc(Cl)c1OCCO. The summed E-state index contributed by atoms with van der Waals surface area (Å²) in [6.07, 6.45) is 0.415. The van der Waals surface area contributed by atoms with Crippen molar-refractivity contribution in [2.75, 3.05) is 13.2 Å². The van der Waals surface area contributed by atoms with Crippen LogP contribution in [0.3, 0.4) is 0 Å². The molecule has 108 valence electrons. The molecule has 1 aromatic rings. The second-order valence-corrected chi connectivity index (χ2v) is 5.22. The zero-order chi connectivity index (χ0) is 14.7. The summed E-state index contributed by atoms with van der Waals surface area (Å²) in [6.45, 7) is 3.98. The summed E-state index contributed by atoms with van der Waals surface area (Å²) >= 11 is 6.22. The van der Waals surface area contributed by atoms with Gasteiger partial charge < -0.3 is 9.84 Å². The Bertz CT molecular complexity index is 534. The number of rotatable bonds is 4. The first-order valence-corrected chi connectivity index (χ1v) is 6.81. The zero-order valence-corrected chi connectivity index (χ0v) is 12.2. The third-order valence-corrected chi connectivity index (χ3v) is 3.40. The van der Waals surface area contributed by atoms with Gasteiger partial charge in [-0.25, -0.2) is 5.43 Å². The van der Waals surface area contributed by atoms with Gasteiger partial charge in [-0.3, -0.25) is 4.79 Å². The summed E-state index contributed by atoms with van der Waals surface area (Å²) in [5.74, 6) is 0.535. The highest BCUT2D eigenvalue weighted by atomic mass is 35.5. The lowest BCUT2D eigenvalue weighted by atomic mass is 9.93.